The zero-order valence-corrected chi connectivity index (χ0v) is 20.8. The summed E-state index contributed by atoms with van der Waals surface area (Å²) >= 11 is 0. The van der Waals surface area contributed by atoms with Gasteiger partial charge in [-0.25, -0.2) is 4.79 Å². The number of nitrogens with one attached hydrogen (secondary N) is 2. The van der Waals surface area contributed by atoms with Crippen molar-refractivity contribution in [3.8, 4) is 0 Å². The minimum Gasteiger partial charge on any atom is -0.444 e. The van der Waals surface area contributed by atoms with Crippen LogP contribution in [0.25, 0.3) is 0 Å². The lowest BCUT2D eigenvalue weighted by Crippen LogP contribution is -2.55. The molecule has 2 aliphatic heterocycles. The predicted molar refractivity (Wildman–Crippen MR) is 127 cm³/mol. The number of rotatable bonds is 6. The van der Waals surface area contributed by atoms with Crippen LogP contribution in [-0.2, 0) is 11.3 Å². The van der Waals surface area contributed by atoms with E-state index in [-0.39, 0.29) is 42.2 Å². The fourth-order valence-corrected chi connectivity index (χ4v) is 4.26. The lowest BCUT2D eigenvalue weighted by molar-refractivity contribution is 0.00545. The Morgan fingerprint density at radius 1 is 1.17 bits per heavy atom. The third-order valence-electron chi connectivity index (χ3n) is 5.50. The van der Waals surface area contributed by atoms with Crippen molar-refractivity contribution in [3.05, 3.63) is 12.7 Å². The number of carbonyl (C=O) groups is 1. The number of hydrogen-bond donors (Lipinski definition) is 2. The Morgan fingerprint density at radius 3 is 2.37 bits per heavy atom. The van der Waals surface area contributed by atoms with Gasteiger partial charge in [-0.15, -0.1) is 34.2 Å². The number of amides is 1. The molecule has 0 spiro atoms. The number of carbonyl (C=O) groups excluding carboxylic acids is 1. The molecule has 30 heavy (non-hydrogen) atoms. The smallest absolute Gasteiger partial charge is 0.410 e. The molecule has 1 amide bonds. The summed E-state index contributed by atoms with van der Waals surface area (Å²) in [5.41, 5.74) is -0.452. The molecule has 0 saturated carbocycles. The first-order valence-electron chi connectivity index (χ1n) is 10.7. The summed E-state index contributed by atoms with van der Waals surface area (Å²) in [5, 5.41) is 14.6. The molecule has 9 nitrogen and oxygen atoms in total. The first kappa shape index (κ1) is 24.7. The first-order chi connectivity index (χ1) is 13.9. The molecule has 10 heteroatoms. The van der Waals surface area contributed by atoms with Crippen molar-refractivity contribution in [2.24, 2.45) is 4.99 Å². The maximum atomic E-state index is 12.6. The highest BCUT2D eigenvalue weighted by Gasteiger charge is 2.45. The third-order valence-corrected chi connectivity index (χ3v) is 5.50. The van der Waals surface area contributed by atoms with Crippen LogP contribution in [0.3, 0.4) is 0 Å². The molecule has 3 heterocycles. The monoisotopic (exact) mass is 533 g/mol. The van der Waals surface area contributed by atoms with Crippen LogP contribution in [0.4, 0.5) is 4.79 Å². The molecule has 2 bridgehead atoms. The van der Waals surface area contributed by atoms with Crippen molar-refractivity contribution in [1.29, 1.82) is 0 Å². The topological polar surface area (TPSA) is 96.7 Å². The van der Waals surface area contributed by atoms with Gasteiger partial charge < -0.3 is 24.8 Å². The van der Waals surface area contributed by atoms with Gasteiger partial charge in [0.15, 0.2) is 5.96 Å². The van der Waals surface area contributed by atoms with Gasteiger partial charge in [-0.2, -0.15) is 0 Å². The van der Waals surface area contributed by atoms with E-state index in [0.717, 1.165) is 57.6 Å². The summed E-state index contributed by atoms with van der Waals surface area (Å²) in [6.07, 6.45) is 9.39. The van der Waals surface area contributed by atoms with E-state index in [2.05, 4.69) is 25.8 Å². The number of fused-ring (bicyclic) bond motifs is 2. The maximum absolute atomic E-state index is 12.6. The average molecular weight is 533 g/mol. The van der Waals surface area contributed by atoms with Gasteiger partial charge in [0.25, 0.3) is 0 Å². The van der Waals surface area contributed by atoms with E-state index in [4.69, 9.17) is 4.74 Å². The number of guanidine groups is 1. The number of aryl methyl sites for hydroxylation is 1. The zero-order chi connectivity index (χ0) is 20.9. The average Bonchev–Trinajstić information content (AvgIpc) is 3.25. The molecule has 1 aromatic heterocycles. The lowest BCUT2D eigenvalue weighted by Gasteiger charge is -2.40. The summed E-state index contributed by atoms with van der Waals surface area (Å²) in [6, 6.07) is 0.834. The standard InChI is InChI=1S/C20H35N7O2.HI/c1-20(2,3)29-19(28)27-16-7-8-17(27)12-15(11-16)25-18(21-4)22-9-5-6-10-26-13-23-24-14-26;/h13-17H,5-12H2,1-4H3,(H2,21,22,25);1H. The Kier molecular flexibility index (Phi) is 9.17. The minimum absolute atomic E-state index is 0. The Labute approximate surface area is 196 Å². The number of aromatic nitrogens is 3. The predicted octanol–water partition coefficient (Wildman–Crippen LogP) is 2.77. The van der Waals surface area contributed by atoms with E-state index >= 15 is 0 Å². The maximum Gasteiger partial charge on any atom is 0.410 e. The van der Waals surface area contributed by atoms with Gasteiger partial charge in [-0.1, -0.05) is 0 Å². The molecule has 2 unspecified atom stereocenters. The quantitative estimate of drug-likeness (QED) is 0.253. The second kappa shape index (κ2) is 11.1. The fourth-order valence-electron chi connectivity index (χ4n) is 4.26. The molecule has 2 aliphatic rings. The van der Waals surface area contributed by atoms with Crippen LogP contribution >= 0.6 is 24.0 Å². The molecule has 0 aromatic carbocycles. The molecule has 3 rings (SSSR count). The zero-order valence-electron chi connectivity index (χ0n) is 18.5. The molecule has 1 aromatic rings. The molecular formula is C20H36IN7O2. The minimum atomic E-state index is -0.452. The second-order valence-electron chi connectivity index (χ2n) is 8.99. The van der Waals surface area contributed by atoms with Crippen molar-refractivity contribution >= 4 is 36.0 Å². The molecular weight excluding hydrogens is 497 g/mol. The van der Waals surface area contributed by atoms with Crippen LogP contribution in [0.15, 0.2) is 17.6 Å². The molecule has 170 valence electrons. The second-order valence-corrected chi connectivity index (χ2v) is 8.99. The van der Waals surface area contributed by atoms with Crippen LogP contribution in [-0.4, -0.2) is 69.0 Å². The van der Waals surface area contributed by atoms with Crippen molar-refractivity contribution in [2.75, 3.05) is 13.6 Å². The number of unbranched alkanes of at least 4 members (excludes halogenated alkanes) is 1. The van der Waals surface area contributed by atoms with Crippen molar-refractivity contribution in [2.45, 2.75) is 89.6 Å². The number of piperidine rings is 1. The molecule has 0 radical (unpaired) electrons. The van der Waals surface area contributed by atoms with E-state index < -0.39 is 5.60 Å². The summed E-state index contributed by atoms with van der Waals surface area (Å²) < 4.78 is 7.61. The Hall–Kier alpha value is -1.59. The van der Waals surface area contributed by atoms with Crippen LogP contribution in [0.1, 0.15) is 59.3 Å². The normalized spacial score (nSPS) is 23.7. The third kappa shape index (κ3) is 6.98. The van der Waals surface area contributed by atoms with Crippen molar-refractivity contribution < 1.29 is 9.53 Å². The fraction of sp³-hybridized carbons (Fsp3) is 0.800. The molecule has 0 aliphatic carbocycles. The highest BCUT2D eigenvalue weighted by molar-refractivity contribution is 14.0. The Balaban J connectivity index is 0.00000320. The van der Waals surface area contributed by atoms with Gasteiger partial charge in [0.05, 0.1) is 0 Å². The van der Waals surface area contributed by atoms with Gasteiger partial charge in [-0.3, -0.25) is 4.99 Å². The van der Waals surface area contributed by atoms with E-state index in [1.807, 2.05) is 30.2 Å². The SMILES string of the molecule is CN=C(NCCCCn1cnnc1)NC1CC2CCC(C1)N2C(=O)OC(C)(C)C.I. The number of halogens is 1. The number of hydrogen-bond acceptors (Lipinski definition) is 5. The summed E-state index contributed by atoms with van der Waals surface area (Å²) in [5.74, 6) is 0.837. The van der Waals surface area contributed by atoms with Crippen molar-refractivity contribution in [3.63, 3.8) is 0 Å². The summed E-state index contributed by atoms with van der Waals surface area (Å²) in [6.45, 7) is 7.55. The highest BCUT2D eigenvalue weighted by Crippen LogP contribution is 2.36. The van der Waals surface area contributed by atoms with Gasteiger partial charge in [0.2, 0.25) is 0 Å². The lowest BCUT2D eigenvalue weighted by atomic mass is 9.98. The van der Waals surface area contributed by atoms with E-state index in [1.165, 1.54) is 0 Å². The first-order valence-corrected chi connectivity index (χ1v) is 10.7. The Bertz CT molecular complexity index is 676. The van der Waals surface area contributed by atoms with E-state index in [0.29, 0.717) is 6.04 Å². The number of aliphatic imine (C=N–C) groups is 1. The largest absolute Gasteiger partial charge is 0.444 e. The number of nitrogens with zero attached hydrogens (tertiary/aromatic N) is 5. The van der Waals surface area contributed by atoms with Gasteiger partial charge >= 0.3 is 6.09 Å². The molecule has 2 N–H and O–H groups in total. The number of ether oxygens (including phenoxy) is 1. The summed E-state index contributed by atoms with van der Waals surface area (Å²) in [4.78, 5) is 18.9. The molecule has 2 fully saturated rings. The van der Waals surface area contributed by atoms with Crippen molar-refractivity contribution in [1.82, 2.24) is 30.3 Å². The van der Waals surface area contributed by atoms with Gasteiger partial charge in [-0.05, 0) is 59.3 Å². The molecule has 2 saturated heterocycles. The highest BCUT2D eigenvalue weighted by atomic mass is 127. The van der Waals surface area contributed by atoms with Crippen LogP contribution < -0.4 is 10.6 Å². The van der Waals surface area contributed by atoms with Crippen LogP contribution in [0, 0.1) is 0 Å². The van der Waals surface area contributed by atoms with Crippen LogP contribution in [0.2, 0.25) is 0 Å². The van der Waals surface area contributed by atoms with Crippen LogP contribution in [0.5, 0.6) is 0 Å². The molecule has 2 atom stereocenters. The Morgan fingerprint density at radius 2 is 1.80 bits per heavy atom. The van der Waals surface area contributed by atoms with E-state index in [9.17, 15) is 4.79 Å². The van der Waals surface area contributed by atoms with E-state index in [1.54, 1.807) is 19.7 Å². The van der Waals surface area contributed by atoms with Gasteiger partial charge in [0.1, 0.15) is 18.3 Å². The van der Waals surface area contributed by atoms with Gasteiger partial charge in [0, 0.05) is 38.3 Å². The summed E-state index contributed by atoms with van der Waals surface area (Å²) in [7, 11) is 1.80.